The van der Waals surface area contributed by atoms with E-state index in [9.17, 15) is 4.79 Å². The van der Waals surface area contributed by atoms with Crippen molar-refractivity contribution in [3.8, 4) is 0 Å². The maximum absolute atomic E-state index is 11.5. The van der Waals surface area contributed by atoms with Crippen LogP contribution in [0.4, 0.5) is 0 Å². The Morgan fingerprint density at radius 3 is 2.94 bits per heavy atom. The minimum atomic E-state index is 0.0713. The lowest BCUT2D eigenvalue weighted by atomic mass is 9.91. The fraction of sp³-hybridized carbons (Fsp3) is 0.769. The molecule has 3 aliphatic carbocycles. The van der Waals surface area contributed by atoms with Crippen molar-refractivity contribution in [3.05, 3.63) is 12.2 Å². The molecule has 3 nitrogen and oxygen atoms in total. The van der Waals surface area contributed by atoms with Crippen molar-refractivity contribution in [2.45, 2.75) is 18.9 Å². The molecule has 1 spiro atoms. The van der Waals surface area contributed by atoms with Gasteiger partial charge in [0, 0.05) is 44.4 Å². The molecule has 4 rings (SSSR count). The van der Waals surface area contributed by atoms with E-state index in [1.54, 1.807) is 6.92 Å². The lowest BCUT2D eigenvalue weighted by Gasteiger charge is -2.21. The molecule has 1 saturated heterocycles. The van der Waals surface area contributed by atoms with E-state index in [1.807, 2.05) is 12.0 Å². The Hall–Kier alpha value is -0.830. The van der Waals surface area contributed by atoms with Gasteiger partial charge in [-0.15, -0.1) is 0 Å². The van der Waals surface area contributed by atoms with Crippen LogP contribution >= 0.6 is 0 Å². The molecule has 1 heterocycles. The van der Waals surface area contributed by atoms with Gasteiger partial charge in [0.1, 0.15) is 0 Å². The molecular weight excluding hydrogens is 202 g/mol. The van der Waals surface area contributed by atoms with Gasteiger partial charge in [-0.05, 0) is 12.3 Å². The Morgan fingerprint density at radius 2 is 2.31 bits per heavy atom. The fourth-order valence-electron chi connectivity index (χ4n) is 5.15. The summed E-state index contributed by atoms with van der Waals surface area (Å²) in [5.74, 6) is 2.08. The van der Waals surface area contributed by atoms with Gasteiger partial charge in [0.2, 0.25) is 5.91 Å². The number of methoxy groups -OCH3 is 1. The van der Waals surface area contributed by atoms with Gasteiger partial charge in [-0.1, -0.05) is 12.2 Å². The van der Waals surface area contributed by atoms with E-state index in [2.05, 4.69) is 12.2 Å². The van der Waals surface area contributed by atoms with Crippen LogP contribution in [0.15, 0.2) is 12.2 Å². The molecule has 1 aliphatic heterocycles. The van der Waals surface area contributed by atoms with Crippen molar-refractivity contribution in [2.75, 3.05) is 20.2 Å². The molecule has 0 aromatic carbocycles. The summed E-state index contributed by atoms with van der Waals surface area (Å²) in [5.41, 5.74) is 0.356. The van der Waals surface area contributed by atoms with Crippen LogP contribution in [0.1, 0.15) is 13.3 Å². The molecule has 86 valence electrons. The Morgan fingerprint density at radius 1 is 1.50 bits per heavy atom. The van der Waals surface area contributed by atoms with Crippen LogP contribution in [-0.4, -0.2) is 36.6 Å². The van der Waals surface area contributed by atoms with Crippen molar-refractivity contribution in [1.29, 1.82) is 0 Å². The Bertz CT molecular complexity index is 418. The summed E-state index contributed by atoms with van der Waals surface area (Å²) in [6, 6.07) is 0. The molecule has 3 heteroatoms. The van der Waals surface area contributed by atoms with Gasteiger partial charge in [0.25, 0.3) is 0 Å². The SMILES string of the molecule is COC12C3C=CC1C21CN(C(C)=O)CC1C3. The van der Waals surface area contributed by atoms with E-state index >= 15 is 0 Å². The van der Waals surface area contributed by atoms with Crippen molar-refractivity contribution < 1.29 is 9.53 Å². The number of likely N-dealkylation sites (tertiary alicyclic amines) is 1. The lowest BCUT2D eigenvalue weighted by molar-refractivity contribution is -0.128. The zero-order valence-electron chi connectivity index (χ0n) is 9.77. The van der Waals surface area contributed by atoms with Crippen LogP contribution in [0, 0.1) is 23.2 Å². The van der Waals surface area contributed by atoms with E-state index in [-0.39, 0.29) is 16.9 Å². The minimum absolute atomic E-state index is 0.0713. The van der Waals surface area contributed by atoms with E-state index in [0.29, 0.717) is 17.8 Å². The zero-order chi connectivity index (χ0) is 11.1. The standard InChI is InChI=1S/C13H17NO2/c1-8(15)14-6-10-5-9-3-4-11-12(10,7-14)13(9,11)16-2/h3-4,9-11H,5-7H2,1-2H3. The number of carbonyl (C=O) groups is 1. The van der Waals surface area contributed by atoms with Gasteiger partial charge in [0.05, 0.1) is 5.60 Å². The highest BCUT2D eigenvalue weighted by Crippen LogP contribution is 2.82. The minimum Gasteiger partial charge on any atom is -0.376 e. The van der Waals surface area contributed by atoms with Crippen molar-refractivity contribution in [3.63, 3.8) is 0 Å². The van der Waals surface area contributed by atoms with E-state index in [1.165, 1.54) is 6.42 Å². The third kappa shape index (κ3) is 0.641. The summed E-state index contributed by atoms with van der Waals surface area (Å²) < 4.78 is 5.89. The number of amides is 1. The first-order chi connectivity index (χ1) is 7.66. The molecule has 1 amide bonds. The first kappa shape index (κ1) is 9.23. The van der Waals surface area contributed by atoms with Crippen molar-refractivity contribution in [2.24, 2.45) is 23.2 Å². The molecule has 5 atom stereocenters. The maximum atomic E-state index is 11.5. The summed E-state index contributed by atoms with van der Waals surface area (Å²) in [4.78, 5) is 13.5. The summed E-state index contributed by atoms with van der Waals surface area (Å²) >= 11 is 0. The molecule has 0 aromatic rings. The Kier molecular flexibility index (Phi) is 1.37. The molecule has 0 radical (unpaired) electrons. The van der Waals surface area contributed by atoms with Crippen LogP contribution in [0.3, 0.4) is 0 Å². The number of nitrogens with zero attached hydrogens (tertiary/aromatic N) is 1. The third-order valence-electron chi connectivity index (χ3n) is 5.69. The molecule has 2 saturated carbocycles. The average Bonchev–Trinajstić information content (AvgIpc) is 2.53. The summed E-state index contributed by atoms with van der Waals surface area (Å²) in [7, 11) is 1.85. The van der Waals surface area contributed by atoms with Crippen molar-refractivity contribution >= 4 is 5.91 Å². The molecule has 0 bridgehead atoms. The number of hydrogen-bond acceptors (Lipinski definition) is 2. The second kappa shape index (κ2) is 2.37. The summed E-state index contributed by atoms with van der Waals surface area (Å²) in [5, 5.41) is 0. The smallest absolute Gasteiger partial charge is 0.219 e. The van der Waals surface area contributed by atoms with Crippen LogP contribution in [0.5, 0.6) is 0 Å². The fourth-order valence-corrected chi connectivity index (χ4v) is 5.15. The van der Waals surface area contributed by atoms with Crippen LogP contribution < -0.4 is 0 Å². The number of carbonyl (C=O) groups excluding carboxylic acids is 1. The molecule has 4 aliphatic rings. The molecule has 0 N–H and O–H groups in total. The Balaban J connectivity index is 1.75. The maximum Gasteiger partial charge on any atom is 0.219 e. The van der Waals surface area contributed by atoms with Gasteiger partial charge >= 0.3 is 0 Å². The number of rotatable bonds is 1. The van der Waals surface area contributed by atoms with Crippen LogP contribution in [0.25, 0.3) is 0 Å². The van der Waals surface area contributed by atoms with E-state index < -0.39 is 0 Å². The second-order valence-corrected chi connectivity index (χ2v) is 5.84. The van der Waals surface area contributed by atoms with Gasteiger partial charge in [-0.3, -0.25) is 4.79 Å². The van der Waals surface area contributed by atoms with Gasteiger partial charge in [0.15, 0.2) is 0 Å². The van der Waals surface area contributed by atoms with Gasteiger partial charge in [-0.25, -0.2) is 0 Å². The number of ether oxygens (including phenoxy) is 1. The second-order valence-electron chi connectivity index (χ2n) is 5.84. The molecule has 5 unspecified atom stereocenters. The first-order valence-electron chi connectivity index (χ1n) is 6.16. The highest BCUT2D eigenvalue weighted by atomic mass is 16.5. The molecule has 0 aromatic heterocycles. The first-order valence-corrected chi connectivity index (χ1v) is 6.16. The summed E-state index contributed by atoms with van der Waals surface area (Å²) in [6.45, 7) is 3.56. The summed E-state index contributed by atoms with van der Waals surface area (Å²) in [6.07, 6.45) is 5.90. The van der Waals surface area contributed by atoms with Crippen molar-refractivity contribution in [1.82, 2.24) is 4.90 Å². The third-order valence-corrected chi connectivity index (χ3v) is 5.69. The Labute approximate surface area is 95.4 Å². The van der Waals surface area contributed by atoms with Gasteiger partial charge < -0.3 is 9.64 Å². The quantitative estimate of drug-likeness (QED) is 0.617. The largest absolute Gasteiger partial charge is 0.376 e. The number of hydrogen-bond donors (Lipinski definition) is 0. The zero-order valence-corrected chi connectivity index (χ0v) is 9.77. The normalized spacial score (nSPS) is 55.4. The van der Waals surface area contributed by atoms with Crippen LogP contribution in [-0.2, 0) is 9.53 Å². The van der Waals surface area contributed by atoms with Crippen LogP contribution in [0.2, 0.25) is 0 Å². The highest BCUT2D eigenvalue weighted by Gasteiger charge is 2.88. The van der Waals surface area contributed by atoms with E-state index in [0.717, 1.165) is 13.1 Å². The molecule has 3 fully saturated rings. The molecular formula is C13H17NO2. The average molecular weight is 219 g/mol. The van der Waals surface area contributed by atoms with Gasteiger partial charge in [-0.2, -0.15) is 0 Å². The predicted molar refractivity (Wildman–Crippen MR) is 58.7 cm³/mol. The predicted octanol–water partition coefficient (Wildman–Crippen LogP) is 1.06. The lowest BCUT2D eigenvalue weighted by Crippen LogP contribution is -2.31. The molecule has 16 heavy (non-hydrogen) atoms. The monoisotopic (exact) mass is 219 g/mol. The van der Waals surface area contributed by atoms with E-state index in [4.69, 9.17) is 4.74 Å². The topological polar surface area (TPSA) is 29.5 Å². The highest BCUT2D eigenvalue weighted by molar-refractivity contribution is 5.74.